The second-order valence-electron chi connectivity index (χ2n) is 5.87. The SMILES string of the molecule is COc1ccc([C@H]2CCCN2C(=O)Nc2ccccc2C)cc1. The minimum atomic E-state index is -0.0300. The van der Waals surface area contributed by atoms with E-state index in [1.54, 1.807) is 7.11 Å². The minimum Gasteiger partial charge on any atom is -0.497 e. The van der Waals surface area contributed by atoms with Gasteiger partial charge in [-0.1, -0.05) is 30.3 Å². The van der Waals surface area contributed by atoms with Crippen LogP contribution in [0.15, 0.2) is 48.5 Å². The van der Waals surface area contributed by atoms with Crippen molar-refractivity contribution in [2.45, 2.75) is 25.8 Å². The number of likely N-dealkylation sites (tertiary alicyclic amines) is 1. The zero-order chi connectivity index (χ0) is 16.2. The van der Waals surface area contributed by atoms with E-state index >= 15 is 0 Å². The molecule has 1 N–H and O–H groups in total. The average Bonchev–Trinajstić information content (AvgIpc) is 3.07. The molecule has 0 saturated carbocycles. The lowest BCUT2D eigenvalue weighted by molar-refractivity contribution is 0.207. The molecule has 1 fully saturated rings. The summed E-state index contributed by atoms with van der Waals surface area (Å²) >= 11 is 0. The molecule has 2 aromatic carbocycles. The number of rotatable bonds is 3. The molecule has 1 aliphatic heterocycles. The summed E-state index contributed by atoms with van der Waals surface area (Å²) in [6.07, 6.45) is 2.02. The van der Waals surface area contributed by atoms with Crippen LogP contribution in [0.4, 0.5) is 10.5 Å². The molecule has 0 bridgehead atoms. The van der Waals surface area contributed by atoms with Crippen LogP contribution in [0.3, 0.4) is 0 Å². The molecule has 1 saturated heterocycles. The number of nitrogens with zero attached hydrogens (tertiary/aromatic N) is 1. The number of benzene rings is 2. The Hall–Kier alpha value is -2.49. The van der Waals surface area contributed by atoms with Gasteiger partial charge in [-0.15, -0.1) is 0 Å². The number of hydrogen-bond acceptors (Lipinski definition) is 2. The van der Waals surface area contributed by atoms with E-state index in [-0.39, 0.29) is 12.1 Å². The Labute approximate surface area is 137 Å². The van der Waals surface area contributed by atoms with E-state index in [4.69, 9.17) is 4.74 Å². The van der Waals surface area contributed by atoms with Gasteiger partial charge in [0, 0.05) is 12.2 Å². The molecule has 1 heterocycles. The van der Waals surface area contributed by atoms with E-state index in [9.17, 15) is 4.79 Å². The van der Waals surface area contributed by atoms with Crippen LogP contribution in [-0.2, 0) is 0 Å². The Morgan fingerprint density at radius 1 is 1.17 bits per heavy atom. The van der Waals surface area contributed by atoms with Gasteiger partial charge in [0.1, 0.15) is 5.75 Å². The number of ether oxygens (including phenoxy) is 1. The molecule has 23 heavy (non-hydrogen) atoms. The molecule has 0 spiro atoms. The van der Waals surface area contributed by atoms with E-state index in [0.29, 0.717) is 0 Å². The number of urea groups is 1. The Morgan fingerprint density at radius 2 is 1.91 bits per heavy atom. The standard InChI is InChI=1S/C19H22N2O2/c1-14-6-3-4-7-17(14)20-19(22)21-13-5-8-18(21)15-9-11-16(23-2)12-10-15/h3-4,6-7,9-12,18H,5,8,13H2,1-2H3,(H,20,22)/t18-/m1/s1. The molecule has 0 radical (unpaired) electrons. The highest BCUT2D eigenvalue weighted by Crippen LogP contribution is 2.33. The Kier molecular flexibility index (Phi) is 4.51. The topological polar surface area (TPSA) is 41.6 Å². The summed E-state index contributed by atoms with van der Waals surface area (Å²) in [5.41, 5.74) is 3.10. The number of anilines is 1. The minimum absolute atomic E-state index is 0.0300. The Morgan fingerprint density at radius 3 is 2.61 bits per heavy atom. The summed E-state index contributed by atoms with van der Waals surface area (Å²) in [7, 11) is 1.66. The third-order valence-corrected chi connectivity index (χ3v) is 4.40. The van der Waals surface area contributed by atoms with Crippen molar-refractivity contribution in [1.82, 2.24) is 4.90 Å². The lowest BCUT2D eigenvalue weighted by atomic mass is 10.0. The molecule has 0 aliphatic carbocycles. The van der Waals surface area contributed by atoms with Crippen molar-refractivity contribution in [1.29, 1.82) is 0 Å². The number of methoxy groups -OCH3 is 1. The molecular formula is C19H22N2O2. The predicted octanol–water partition coefficient (Wildman–Crippen LogP) is 4.37. The van der Waals surface area contributed by atoms with E-state index in [1.807, 2.05) is 60.4 Å². The van der Waals surface area contributed by atoms with E-state index in [1.165, 1.54) is 0 Å². The fourth-order valence-electron chi connectivity index (χ4n) is 3.08. The van der Waals surface area contributed by atoms with Crippen molar-refractivity contribution in [2.24, 2.45) is 0 Å². The van der Waals surface area contributed by atoms with Gasteiger partial charge in [-0.05, 0) is 49.1 Å². The van der Waals surface area contributed by atoms with Crippen LogP contribution in [0.5, 0.6) is 5.75 Å². The summed E-state index contributed by atoms with van der Waals surface area (Å²) in [6.45, 7) is 2.79. The molecule has 120 valence electrons. The normalized spacial score (nSPS) is 17.1. The molecule has 2 aromatic rings. The number of hydrogen-bond donors (Lipinski definition) is 1. The summed E-state index contributed by atoms with van der Waals surface area (Å²) < 4.78 is 5.21. The van der Waals surface area contributed by atoms with E-state index in [0.717, 1.165) is 42.0 Å². The second-order valence-corrected chi connectivity index (χ2v) is 5.87. The van der Waals surface area contributed by atoms with Crippen molar-refractivity contribution in [3.8, 4) is 5.75 Å². The van der Waals surface area contributed by atoms with Gasteiger partial charge >= 0.3 is 6.03 Å². The molecule has 2 amide bonds. The Balaban J connectivity index is 1.75. The van der Waals surface area contributed by atoms with E-state index in [2.05, 4.69) is 5.32 Å². The number of aryl methyl sites for hydroxylation is 1. The van der Waals surface area contributed by atoms with Crippen LogP contribution in [0.2, 0.25) is 0 Å². The lowest BCUT2D eigenvalue weighted by Crippen LogP contribution is -2.34. The maximum Gasteiger partial charge on any atom is 0.322 e. The Bertz CT molecular complexity index is 682. The molecule has 0 unspecified atom stereocenters. The summed E-state index contributed by atoms with van der Waals surface area (Å²) in [5.74, 6) is 0.836. The first-order chi connectivity index (χ1) is 11.2. The zero-order valence-electron chi connectivity index (χ0n) is 13.6. The summed E-state index contributed by atoms with van der Waals surface area (Å²) in [4.78, 5) is 14.6. The fourth-order valence-corrected chi connectivity index (χ4v) is 3.08. The zero-order valence-corrected chi connectivity index (χ0v) is 13.6. The van der Waals surface area contributed by atoms with Gasteiger partial charge in [-0.25, -0.2) is 4.79 Å². The number of nitrogens with one attached hydrogen (secondary N) is 1. The fraction of sp³-hybridized carbons (Fsp3) is 0.316. The highest BCUT2D eigenvalue weighted by molar-refractivity contribution is 5.90. The quantitative estimate of drug-likeness (QED) is 0.914. The number of carbonyl (C=O) groups is 1. The van der Waals surface area contributed by atoms with Gasteiger partial charge < -0.3 is 15.0 Å². The van der Waals surface area contributed by atoms with Gasteiger partial charge in [0.15, 0.2) is 0 Å². The number of para-hydroxylation sites is 1. The van der Waals surface area contributed by atoms with Crippen molar-refractivity contribution in [2.75, 3.05) is 19.0 Å². The largest absolute Gasteiger partial charge is 0.497 e. The smallest absolute Gasteiger partial charge is 0.322 e. The number of amides is 2. The van der Waals surface area contributed by atoms with Crippen LogP contribution in [0.1, 0.15) is 30.0 Å². The van der Waals surface area contributed by atoms with Crippen LogP contribution in [0.25, 0.3) is 0 Å². The van der Waals surface area contributed by atoms with Gasteiger partial charge in [0.2, 0.25) is 0 Å². The van der Waals surface area contributed by atoms with Crippen molar-refractivity contribution in [3.05, 3.63) is 59.7 Å². The first-order valence-corrected chi connectivity index (χ1v) is 7.96. The first-order valence-electron chi connectivity index (χ1n) is 7.96. The monoisotopic (exact) mass is 310 g/mol. The van der Waals surface area contributed by atoms with Crippen molar-refractivity contribution >= 4 is 11.7 Å². The van der Waals surface area contributed by atoms with Crippen LogP contribution in [-0.4, -0.2) is 24.6 Å². The molecular weight excluding hydrogens is 288 g/mol. The molecule has 1 atom stereocenters. The summed E-state index contributed by atoms with van der Waals surface area (Å²) in [6, 6.07) is 15.9. The average molecular weight is 310 g/mol. The molecule has 4 nitrogen and oxygen atoms in total. The van der Waals surface area contributed by atoms with Gasteiger partial charge in [0.05, 0.1) is 13.2 Å². The van der Waals surface area contributed by atoms with E-state index < -0.39 is 0 Å². The van der Waals surface area contributed by atoms with Gasteiger partial charge in [0.25, 0.3) is 0 Å². The molecule has 4 heteroatoms. The van der Waals surface area contributed by atoms with Crippen LogP contribution in [0, 0.1) is 6.92 Å². The third kappa shape index (κ3) is 3.31. The lowest BCUT2D eigenvalue weighted by Gasteiger charge is -2.26. The molecule has 0 aromatic heterocycles. The highest BCUT2D eigenvalue weighted by Gasteiger charge is 2.30. The maximum absolute atomic E-state index is 12.7. The highest BCUT2D eigenvalue weighted by atomic mass is 16.5. The van der Waals surface area contributed by atoms with Crippen molar-refractivity contribution < 1.29 is 9.53 Å². The third-order valence-electron chi connectivity index (χ3n) is 4.40. The summed E-state index contributed by atoms with van der Waals surface area (Å²) in [5, 5.41) is 3.04. The van der Waals surface area contributed by atoms with Crippen LogP contribution >= 0.6 is 0 Å². The number of carbonyl (C=O) groups excluding carboxylic acids is 1. The van der Waals surface area contributed by atoms with Crippen LogP contribution < -0.4 is 10.1 Å². The second kappa shape index (κ2) is 6.73. The molecule has 1 aliphatic rings. The molecule has 3 rings (SSSR count). The predicted molar refractivity (Wildman–Crippen MR) is 91.9 cm³/mol. The maximum atomic E-state index is 12.7. The van der Waals surface area contributed by atoms with Crippen molar-refractivity contribution in [3.63, 3.8) is 0 Å². The van der Waals surface area contributed by atoms with Gasteiger partial charge in [-0.3, -0.25) is 0 Å². The van der Waals surface area contributed by atoms with Gasteiger partial charge in [-0.2, -0.15) is 0 Å². The first kappa shape index (κ1) is 15.4.